The van der Waals surface area contributed by atoms with Crippen LogP contribution in [-0.4, -0.2) is 53.6 Å². The third-order valence-corrected chi connectivity index (χ3v) is 6.00. The zero-order valence-electron chi connectivity index (χ0n) is 14.6. The van der Waals surface area contributed by atoms with Crippen LogP contribution in [0, 0.1) is 5.92 Å². The van der Waals surface area contributed by atoms with E-state index in [1.165, 1.54) is 10.4 Å². The van der Waals surface area contributed by atoms with E-state index in [0.717, 1.165) is 12.8 Å². The maximum Gasteiger partial charge on any atom is 0.326 e. The number of ether oxygens (including phenoxy) is 1. The molecule has 1 aromatic rings. The van der Waals surface area contributed by atoms with E-state index < -0.39 is 17.9 Å². The summed E-state index contributed by atoms with van der Waals surface area (Å²) in [5.74, 6) is -1.74. The van der Waals surface area contributed by atoms with E-state index in [4.69, 9.17) is 4.74 Å². The zero-order chi connectivity index (χ0) is 18.5. The van der Waals surface area contributed by atoms with Crippen LogP contribution in [0.1, 0.15) is 36.1 Å². The molecule has 2 aliphatic rings. The van der Waals surface area contributed by atoms with Gasteiger partial charge in [0.15, 0.2) is 0 Å². The van der Waals surface area contributed by atoms with E-state index >= 15 is 0 Å². The number of carboxylic acids is 1. The van der Waals surface area contributed by atoms with Gasteiger partial charge in [-0.15, -0.1) is 11.3 Å². The summed E-state index contributed by atoms with van der Waals surface area (Å²) in [5.41, 5.74) is 1.18. The smallest absolute Gasteiger partial charge is 0.326 e. The quantitative estimate of drug-likeness (QED) is 0.778. The largest absolute Gasteiger partial charge is 0.480 e. The van der Waals surface area contributed by atoms with Gasteiger partial charge in [0.2, 0.25) is 11.8 Å². The van der Waals surface area contributed by atoms with Gasteiger partial charge in [-0.25, -0.2) is 4.79 Å². The highest BCUT2D eigenvalue weighted by Gasteiger charge is 2.31. The van der Waals surface area contributed by atoms with E-state index in [1.54, 1.807) is 16.2 Å². The summed E-state index contributed by atoms with van der Waals surface area (Å²) in [6.07, 6.45) is 2.46. The molecule has 3 heterocycles. The average molecular weight is 380 g/mol. The number of aliphatic carboxylic acids is 1. The van der Waals surface area contributed by atoms with Crippen molar-refractivity contribution in [3.8, 4) is 0 Å². The Kier molecular flexibility index (Phi) is 6.26. The Morgan fingerprint density at radius 1 is 1.38 bits per heavy atom. The van der Waals surface area contributed by atoms with Crippen molar-refractivity contribution >= 4 is 29.1 Å². The Morgan fingerprint density at radius 3 is 2.96 bits per heavy atom. The summed E-state index contributed by atoms with van der Waals surface area (Å²) in [6.45, 7) is 2.24. The minimum Gasteiger partial charge on any atom is -0.480 e. The summed E-state index contributed by atoms with van der Waals surface area (Å²) in [6, 6.07) is 1.08. The summed E-state index contributed by atoms with van der Waals surface area (Å²) < 4.78 is 5.32. The monoisotopic (exact) mass is 380 g/mol. The molecule has 7 nitrogen and oxygen atoms in total. The summed E-state index contributed by atoms with van der Waals surface area (Å²) >= 11 is 1.71. The number of rotatable bonds is 6. The number of hydrogen-bond donors (Lipinski definition) is 2. The first-order chi connectivity index (χ1) is 12.5. The van der Waals surface area contributed by atoms with Crippen LogP contribution in [0.5, 0.6) is 0 Å². The number of fused-ring (bicyclic) bond motifs is 1. The summed E-state index contributed by atoms with van der Waals surface area (Å²) in [4.78, 5) is 39.1. The Labute approximate surface area is 156 Å². The molecule has 2 N–H and O–H groups in total. The van der Waals surface area contributed by atoms with Crippen LogP contribution in [0.15, 0.2) is 11.4 Å². The Hall–Kier alpha value is -1.93. The van der Waals surface area contributed by atoms with Gasteiger partial charge in [0.05, 0.1) is 6.61 Å². The number of carbonyl (C=O) groups is 3. The maximum absolute atomic E-state index is 12.4. The molecule has 142 valence electrons. The van der Waals surface area contributed by atoms with Gasteiger partial charge < -0.3 is 20.1 Å². The Balaban J connectivity index is 1.47. The molecule has 1 saturated heterocycles. The number of nitrogens with zero attached hydrogens (tertiary/aromatic N) is 1. The third-order valence-electron chi connectivity index (χ3n) is 4.98. The molecule has 2 atom stereocenters. The lowest BCUT2D eigenvalue weighted by atomic mass is 9.93. The maximum atomic E-state index is 12.4. The van der Waals surface area contributed by atoms with Crippen LogP contribution in [-0.2, 0) is 32.1 Å². The van der Waals surface area contributed by atoms with E-state index in [9.17, 15) is 19.5 Å². The van der Waals surface area contributed by atoms with E-state index in [2.05, 4.69) is 5.32 Å². The Morgan fingerprint density at radius 2 is 2.23 bits per heavy atom. The molecule has 26 heavy (non-hydrogen) atoms. The van der Waals surface area contributed by atoms with Crippen LogP contribution in [0.2, 0.25) is 0 Å². The first-order valence-corrected chi connectivity index (χ1v) is 9.85. The highest BCUT2D eigenvalue weighted by Crippen LogP contribution is 2.24. The van der Waals surface area contributed by atoms with E-state index in [-0.39, 0.29) is 24.7 Å². The van der Waals surface area contributed by atoms with Crippen molar-refractivity contribution in [2.45, 2.75) is 44.7 Å². The molecule has 2 amide bonds. The van der Waals surface area contributed by atoms with Gasteiger partial charge in [-0.2, -0.15) is 0 Å². The number of nitrogens with one attached hydrogen (secondary N) is 1. The topological polar surface area (TPSA) is 95.9 Å². The van der Waals surface area contributed by atoms with Gasteiger partial charge in [-0.05, 0) is 36.3 Å². The van der Waals surface area contributed by atoms with Gasteiger partial charge in [0.1, 0.15) is 6.04 Å². The molecule has 0 bridgehead atoms. The van der Waals surface area contributed by atoms with Gasteiger partial charge in [0, 0.05) is 43.3 Å². The second-order valence-corrected chi connectivity index (χ2v) is 7.80. The van der Waals surface area contributed by atoms with Crippen LogP contribution in [0.3, 0.4) is 0 Å². The molecule has 2 unspecified atom stereocenters. The van der Waals surface area contributed by atoms with E-state index in [1.807, 2.05) is 11.4 Å². The predicted molar refractivity (Wildman–Crippen MR) is 95.8 cm³/mol. The standard InChI is InChI=1S/C18H24N2O5S/c21-15(19-17(18(23)24)13-2-1-8-25-11-13)3-4-16(22)20-7-5-14-12(10-20)6-9-26-14/h6,9,13,17H,1-5,7-8,10-11H2,(H,19,21)(H,23,24). The van der Waals surface area contributed by atoms with Crippen molar-refractivity contribution < 1.29 is 24.2 Å². The Bertz CT molecular complexity index is 668. The lowest BCUT2D eigenvalue weighted by Crippen LogP contribution is -2.48. The van der Waals surface area contributed by atoms with Crippen LogP contribution >= 0.6 is 11.3 Å². The number of thiophene rings is 1. The van der Waals surface area contributed by atoms with E-state index in [0.29, 0.717) is 32.7 Å². The van der Waals surface area contributed by atoms with Crippen molar-refractivity contribution in [3.63, 3.8) is 0 Å². The van der Waals surface area contributed by atoms with Crippen LogP contribution < -0.4 is 5.32 Å². The second-order valence-electron chi connectivity index (χ2n) is 6.79. The first-order valence-electron chi connectivity index (χ1n) is 8.97. The fraction of sp³-hybridized carbons (Fsp3) is 0.611. The van der Waals surface area contributed by atoms with Crippen LogP contribution in [0.25, 0.3) is 0 Å². The van der Waals surface area contributed by atoms with Crippen molar-refractivity contribution in [2.24, 2.45) is 5.92 Å². The molecule has 1 aromatic heterocycles. The third kappa shape index (κ3) is 4.62. The zero-order valence-corrected chi connectivity index (χ0v) is 15.4. The molecule has 0 spiro atoms. The molecule has 8 heteroatoms. The van der Waals surface area contributed by atoms with Crippen molar-refractivity contribution in [2.75, 3.05) is 19.8 Å². The first kappa shape index (κ1) is 18.8. The predicted octanol–water partition coefficient (Wildman–Crippen LogP) is 1.41. The number of carboxylic acid groups (broad SMARTS) is 1. The number of hydrogen-bond acceptors (Lipinski definition) is 5. The van der Waals surface area contributed by atoms with Gasteiger partial charge in [-0.3, -0.25) is 9.59 Å². The van der Waals surface area contributed by atoms with Crippen LogP contribution in [0.4, 0.5) is 0 Å². The van der Waals surface area contributed by atoms with Gasteiger partial charge >= 0.3 is 5.97 Å². The lowest BCUT2D eigenvalue weighted by molar-refractivity contribution is -0.145. The fourth-order valence-electron chi connectivity index (χ4n) is 3.50. The SMILES string of the molecule is O=C(CCC(=O)N1CCc2sccc2C1)NC(C(=O)O)C1CCCOC1. The molecule has 2 aliphatic heterocycles. The van der Waals surface area contributed by atoms with Gasteiger partial charge in [-0.1, -0.05) is 0 Å². The van der Waals surface area contributed by atoms with Crippen molar-refractivity contribution in [3.05, 3.63) is 21.9 Å². The molecule has 1 fully saturated rings. The second kappa shape index (κ2) is 8.64. The van der Waals surface area contributed by atoms with Crippen molar-refractivity contribution in [1.29, 1.82) is 0 Å². The molecular formula is C18H24N2O5S. The molecule has 3 rings (SSSR count). The summed E-state index contributed by atoms with van der Waals surface area (Å²) in [5, 5.41) is 14.0. The minimum atomic E-state index is -1.05. The molecule has 0 radical (unpaired) electrons. The van der Waals surface area contributed by atoms with Crippen molar-refractivity contribution in [1.82, 2.24) is 10.2 Å². The molecule has 0 saturated carbocycles. The number of carbonyl (C=O) groups excluding carboxylic acids is 2. The van der Waals surface area contributed by atoms with Gasteiger partial charge in [0.25, 0.3) is 0 Å². The fourth-order valence-corrected chi connectivity index (χ4v) is 4.38. The minimum absolute atomic E-state index is 0.00316. The summed E-state index contributed by atoms with van der Waals surface area (Å²) in [7, 11) is 0. The molecule has 0 aliphatic carbocycles. The molecular weight excluding hydrogens is 356 g/mol. The highest BCUT2D eigenvalue weighted by atomic mass is 32.1. The number of amides is 2. The average Bonchev–Trinajstić information content (AvgIpc) is 3.12. The lowest BCUT2D eigenvalue weighted by Gasteiger charge is -2.28. The normalized spacial score (nSPS) is 20.9. The highest BCUT2D eigenvalue weighted by molar-refractivity contribution is 7.10. The molecule has 0 aromatic carbocycles.